The topological polar surface area (TPSA) is 89.3 Å². The van der Waals surface area contributed by atoms with E-state index in [1.165, 1.54) is 0 Å². The van der Waals surface area contributed by atoms with Crippen molar-refractivity contribution in [1.29, 1.82) is 0 Å². The Morgan fingerprint density at radius 3 is 2.28 bits per heavy atom. The zero-order chi connectivity index (χ0) is 13.8. The molecular weight excluding hydrogens is 266 g/mol. The first kappa shape index (κ1) is 14.5. The summed E-state index contributed by atoms with van der Waals surface area (Å²) in [4.78, 5) is 11.4. The molecule has 0 unspecified atom stereocenters. The zero-order valence-corrected chi connectivity index (χ0v) is 10.1. The highest BCUT2D eigenvalue weighted by molar-refractivity contribution is 7.89. The number of hydrogen-bond acceptors (Lipinski definition) is 3. The van der Waals surface area contributed by atoms with Gasteiger partial charge < -0.3 is 5.32 Å². The van der Waals surface area contributed by atoms with E-state index in [2.05, 4.69) is 5.32 Å². The minimum atomic E-state index is -3.57. The molecule has 0 radical (unpaired) electrons. The fourth-order valence-electron chi connectivity index (χ4n) is 1.26. The Morgan fingerprint density at radius 1 is 1.22 bits per heavy atom. The lowest BCUT2D eigenvalue weighted by Gasteiger charge is -2.05. The Hall–Kier alpha value is -1.54. The number of halogens is 2. The zero-order valence-electron chi connectivity index (χ0n) is 9.32. The molecule has 0 aromatic heterocycles. The van der Waals surface area contributed by atoms with E-state index in [4.69, 9.17) is 5.14 Å². The number of carbonyl (C=O) groups is 1. The number of benzene rings is 1. The van der Waals surface area contributed by atoms with Gasteiger partial charge in [0.05, 0.1) is 5.75 Å². The van der Waals surface area contributed by atoms with Gasteiger partial charge in [-0.2, -0.15) is 0 Å². The molecule has 0 spiro atoms. The van der Waals surface area contributed by atoms with Crippen LogP contribution in [-0.2, 0) is 10.0 Å². The Labute approximate surface area is 103 Å². The van der Waals surface area contributed by atoms with Gasteiger partial charge in [-0.25, -0.2) is 22.3 Å². The molecule has 1 amide bonds. The van der Waals surface area contributed by atoms with Crippen molar-refractivity contribution in [2.75, 3.05) is 12.3 Å². The van der Waals surface area contributed by atoms with Gasteiger partial charge in [-0.1, -0.05) is 0 Å². The molecule has 1 aromatic carbocycles. The number of nitrogens with two attached hydrogens (primary N) is 1. The normalized spacial score (nSPS) is 11.3. The molecule has 0 aliphatic carbocycles. The first-order chi connectivity index (χ1) is 8.28. The third-order valence-electron chi connectivity index (χ3n) is 2.02. The molecule has 1 aromatic rings. The van der Waals surface area contributed by atoms with Crippen LogP contribution in [0.1, 0.15) is 16.8 Å². The minimum absolute atomic E-state index is 0.0490. The number of sulfonamides is 1. The van der Waals surface area contributed by atoms with Crippen LogP contribution in [0.5, 0.6) is 0 Å². The summed E-state index contributed by atoms with van der Waals surface area (Å²) < 4.78 is 46.8. The Kier molecular flexibility index (Phi) is 4.74. The molecule has 0 saturated heterocycles. The van der Waals surface area contributed by atoms with Gasteiger partial charge in [-0.05, 0) is 18.6 Å². The van der Waals surface area contributed by atoms with Gasteiger partial charge >= 0.3 is 0 Å². The van der Waals surface area contributed by atoms with Crippen molar-refractivity contribution < 1.29 is 22.0 Å². The molecule has 3 N–H and O–H groups in total. The van der Waals surface area contributed by atoms with Crippen LogP contribution in [0.25, 0.3) is 0 Å². The second-order valence-electron chi connectivity index (χ2n) is 3.63. The molecule has 0 heterocycles. The molecule has 8 heteroatoms. The number of rotatable bonds is 5. The smallest absolute Gasteiger partial charge is 0.251 e. The van der Waals surface area contributed by atoms with Crippen LogP contribution < -0.4 is 10.5 Å². The lowest BCUT2D eigenvalue weighted by molar-refractivity contribution is 0.0952. The second-order valence-corrected chi connectivity index (χ2v) is 5.37. The predicted octanol–water partition coefficient (Wildman–Crippen LogP) is 0.373. The standard InChI is InChI=1S/C10H12F2N2O3S/c11-8-4-7(5-9(12)6-8)10(15)14-2-1-3-18(13,16)17/h4-6H,1-3H2,(H,14,15)(H2,13,16,17). The quantitative estimate of drug-likeness (QED) is 0.763. The fourth-order valence-corrected chi connectivity index (χ4v) is 1.81. The van der Waals surface area contributed by atoms with Gasteiger partial charge in [0.15, 0.2) is 0 Å². The first-order valence-electron chi connectivity index (χ1n) is 5.03. The number of primary sulfonamides is 1. The van der Waals surface area contributed by atoms with Crippen LogP contribution in [0.2, 0.25) is 0 Å². The van der Waals surface area contributed by atoms with Gasteiger partial charge in [-0.3, -0.25) is 4.79 Å². The molecule has 0 aliphatic rings. The van der Waals surface area contributed by atoms with Crippen LogP contribution in [0.3, 0.4) is 0 Å². The van der Waals surface area contributed by atoms with Gasteiger partial charge in [0.25, 0.3) is 5.91 Å². The van der Waals surface area contributed by atoms with Crippen molar-refractivity contribution in [3.8, 4) is 0 Å². The third-order valence-corrected chi connectivity index (χ3v) is 2.87. The summed E-state index contributed by atoms with van der Waals surface area (Å²) in [7, 11) is -3.57. The average Bonchev–Trinajstić information content (AvgIpc) is 2.21. The summed E-state index contributed by atoms with van der Waals surface area (Å²) in [6, 6.07) is 2.42. The first-order valence-corrected chi connectivity index (χ1v) is 6.74. The molecule has 100 valence electrons. The number of carbonyl (C=O) groups excluding carboxylic acids is 1. The Balaban J connectivity index is 2.51. The van der Waals surface area contributed by atoms with E-state index in [1.54, 1.807) is 0 Å². The van der Waals surface area contributed by atoms with Crippen LogP contribution in [0.4, 0.5) is 8.78 Å². The van der Waals surface area contributed by atoms with Crippen LogP contribution >= 0.6 is 0 Å². The van der Waals surface area contributed by atoms with Crippen LogP contribution in [-0.4, -0.2) is 26.6 Å². The molecule has 1 rings (SSSR count). The lowest BCUT2D eigenvalue weighted by Crippen LogP contribution is -2.27. The second kappa shape index (κ2) is 5.87. The SMILES string of the molecule is NS(=O)(=O)CCCNC(=O)c1cc(F)cc(F)c1. The summed E-state index contributed by atoms with van der Waals surface area (Å²) in [6.07, 6.45) is 0.127. The molecule has 5 nitrogen and oxygen atoms in total. The van der Waals surface area contributed by atoms with E-state index >= 15 is 0 Å². The highest BCUT2D eigenvalue weighted by Gasteiger charge is 2.09. The molecule has 0 saturated carbocycles. The van der Waals surface area contributed by atoms with Crippen LogP contribution in [0.15, 0.2) is 18.2 Å². The lowest BCUT2D eigenvalue weighted by atomic mass is 10.2. The summed E-state index contributed by atoms with van der Waals surface area (Å²) in [5.74, 6) is -2.66. The maximum Gasteiger partial charge on any atom is 0.251 e. The highest BCUT2D eigenvalue weighted by Crippen LogP contribution is 2.07. The molecule has 0 aliphatic heterocycles. The number of amides is 1. The van der Waals surface area contributed by atoms with E-state index in [1.807, 2.05) is 0 Å². The van der Waals surface area contributed by atoms with Crippen LogP contribution in [0, 0.1) is 11.6 Å². The third kappa shape index (κ3) is 5.19. The Morgan fingerprint density at radius 2 is 1.78 bits per heavy atom. The fraction of sp³-hybridized carbons (Fsp3) is 0.300. The van der Waals surface area contributed by atoms with E-state index in [-0.39, 0.29) is 24.3 Å². The van der Waals surface area contributed by atoms with Gasteiger partial charge in [0.2, 0.25) is 10.0 Å². The monoisotopic (exact) mass is 278 g/mol. The van der Waals surface area contributed by atoms with Crippen molar-refractivity contribution in [3.63, 3.8) is 0 Å². The summed E-state index contributed by atoms with van der Waals surface area (Å²) in [5, 5.41) is 7.10. The van der Waals surface area contributed by atoms with Gasteiger partial charge in [-0.15, -0.1) is 0 Å². The van der Waals surface area contributed by atoms with Crippen molar-refractivity contribution in [3.05, 3.63) is 35.4 Å². The maximum absolute atomic E-state index is 12.8. The summed E-state index contributed by atoms with van der Waals surface area (Å²) >= 11 is 0. The van der Waals surface area contributed by atoms with Crippen molar-refractivity contribution in [2.45, 2.75) is 6.42 Å². The van der Waals surface area contributed by atoms with Gasteiger partial charge in [0, 0.05) is 18.2 Å². The molecule has 0 fully saturated rings. The van der Waals surface area contributed by atoms with E-state index < -0.39 is 27.6 Å². The van der Waals surface area contributed by atoms with Crippen molar-refractivity contribution >= 4 is 15.9 Å². The summed E-state index contributed by atoms with van der Waals surface area (Å²) in [5.41, 5.74) is -0.164. The highest BCUT2D eigenvalue weighted by atomic mass is 32.2. The molecule has 18 heavy (non-hydrogen) atoms. The Bertz CT molecular complexity index is 526. The van der Waals surface area contributed by atoms with E-state index in [0.717, 1.165) is 12.1 Å². The van der Waals surface area contributed by atoms with Crippen molar-refractivity contribution in [1.82, 2.24) is 5.32 Å². The summed E-state index contributed by atoms with van der Waals surface area (Å²) in [6.45, 7) is 0.0490. The molecule has 0 bridgehead atoms. The minimum Gasteiger partial charge on any atom is -0.352 e. The van der Waals surface area contributed by atoms with E-state index in [9.17, 15) is 22.0 Å². The molecular formula is C10H12F2N2O3S. The molecule has 0 atom stereocenters. The maximum atomic E-state index is 12.8. The van der Waals surface area contributed by atoms with Gasteiger partial charge in [0.1, 0.15) is 11.6 Å². The van der Waals surface area contributed by atoms with Crippen molar-refractivity contribution in [2.24, 2.45) is 5.14 Å². The number of hydrogen-bond donors (Lipinski definition) is 2. The number of nitrogens with one attached hydrogen (secondary N) is 1. The predicted molar refractivity (Wildman–Crippen MR) is 61.3 cm³/mol. The largest absolute Gasteiger partial charge is 0.352 e. The van der Waals surface area contributed by atoms with E-state index in [0.29, 0.717) is 6.07 Å². The average molecular weight is 278 g/mol.